The summed E-state index contributed by atoms with van der Waals surface area (Å²) < 4.78 is 0. The number of benzene rings is 3. The van der Waals surface area contributed by atoms with Crippen LogP contribution in [0.4, 0.5) is 0 Å². The lowest BCUT2D eigenvalue weighted by atomic mass is 9.87. The first kappa shape index (κ1) is 21.5. The Bertz CT molecular complexity index is 1460. The van der Waals surface area contributed by atoms with E-state index in [4.69, 9.17) is 11.6 Å². The maximum atomic E-state index is 13.6. The van der Waals surface area contributed by atoms with E-state index in [1.165, 1.54) is 4.90 Å². The van der Waals surface area contributed by atoms with Crippen LogP contribution in [0.5, 0.6) is 0 Å². The maximum absolute atomic E-state index is 13.6. The first-order valence-corrected chi connectivity index (χ1v) is 11.7. The highest BCUT2D eigenvalue weighted by Gasteiger charge is 2.43. The van der Waals surface area contributed by atoms with Gasteiger partial charge in [-0.1, -0.05) is 72.3 Å². The zero-order valence-corrected chi connectivity index (χ0v) is 19.3. The van der Waals surface area contributed by atoms with Crippen molar-refractivity contribution in [2.24, 2.45) is 0 Å². The largest absolute Gasteiger partial charge is 0.358 e. The number of carbonyl (C=O) groups is 4. The molecule has 1 atom stereocenters. The van der Waals surface area contributed by atoms with Crippen LogP contribution >= 0.6 is 11.6 Å². The zero-order chi connectivity index (χ0) is 24.3. The molecular formula is C28H19ClN2O4. The van der Waals surface area contributed by atoms with Gasteiger partial charge in [-0.3, -0.25) is 24.1 Å². The van der Waals surface area contributed by atoms with Crippen molar-refractivity contribution in [2.45, 2.75) is 12.5 Å². The number of halogens is 1. The van der Waals surface area contributed by atoms with E-state index in [1.807, 2.05) is 24.3 Å². The second-order valence-electron chi connectivity index (χ2n) is 8.79. The summed E-state index contributed by atoms with van der Waals surface area (Å²) >= 11 is 6.55. The SMILES string of the molecule is O=C1C(Cl)=C(N2CCc3ccccc3C2CN2C(=O)c3ccccc3C2=O)C(=O)c2ccccc21. The van der Waals surface area contributed by atoms with Crippen molar-refractivity contribution in [1.29, 1.82) is 0 Å². The first-order chi connectivity index (χ1) is 17.0. The molecule has 0 radical (unpaired) electrons. The number of Topliss-reactive ketones (excluding diaryl/α,β-unsaturated/α-hetero) is 2. The Morgan fingerprint density at radius 1 is 0.714 bits per heavy atom. The van der Waals surface area contributed by atoms with Crippen LogP contribution in [-0.4, -0.2) is 46.3 Å². The second-order valence-corrected chi connectivity index (χ2v) is 9.17. The molecule has 2 heterocycles. The number of carbonyl (C=O) groups excluding carboxylic acids is 4. The quantitative estimate of drug-likeness (QED) is 0.517. The predicted octanol–water partition coefficient (Wildman–Crippen LogP) is 4.41. The van der Waals surface area contributed by atoms with Crippen molar-refractivity contribution in [3.63, 3.8) is 0 Å². The molecule has 1 unspecified atom stereocenters. The number of allylic oxidation sites excluding steroid dienone is 2. The van der Waals surface area contributed by atoms with Crippen LogP contribution in [0.2, 0.25) is 0 Å². The van der Waals surface area contributed by atoms with Gasteiger partial charge < -0.3 is 4.90 Å². The van der Waals surface area contributed by atoms with Crippen LogP contribution < -0.4 is 0 Å². The highest BCUT2D eigenvalue weighted by molar-refractivity contribution is 6.49. The summed E-state index contributed by atoms with van der Waals surface area (Å²) in [6, 6.07) is 20.6. The van der Waals surface area contributed by atoms with Gasteiger partial charge in [0.2, 0.25) is 11.6 Å². The van der Waals surface area contributed by atoms with Crippen LogP contribution in [0.25, 0.3) is 0 Å². The van der Waals surface area contributed by atoms with Crippen LogP contribution in [0, 0.1) is 0 Å². The van der Waals surface area contributed by atoms with Gasteiger partial charge in [0.25, 0.3) is 11.8 Å². The third-order valence-electron chi connectivity index (χ3n) is 6.97. The van der Waals surface area contributed by atoms with Gasteiger partial charge in [-0.2, -0.15) is 0 Å². The molecule has 0 spiro atoms. The van der Waals surface area contributed by atoms with Crippen LogP contribution in [0.15, 0.2) is 83.5 Å². The summed E-state index contributed by atoms with van der Waals surface area (Å²) in [5.41, 5.74) is 3.39. The van der Waals surface area contributed by atoms with E-state index < -0.39 is 11.8 Å². The van der Waals surface area contributed by atoms with Crippen LogP contribution in [-0.2, 0) is 6.42 Å². The molecule has 35 heavy (non-hydrogen) atoms. The first-order valence-electron chi connectivity index (χ1n) is 11.3. The number of rotatable bonds is 3. The fourth-order valence-corrected chi connectivity index (χ4v) is 5.58. The topological polar surface area (TPSA) is 74.8 Å². The summed E-state index contributed by atoms with van der Waals surface area (Å²) in [4.78, 5) is 56.0. The fourth-order valence-electron chi connectivity index (χ4n) is 5.28. The number of nitrogens with zero attached hydrogens (tertiary/aromatic N) is 2. The van der Waals surface area contributed by atoms with Crippen molar-refractivity contribution in [3.05, 3.63) is 117 Å². The van der Waals surface area contributed by atoms with Crippen molar-refractivity contribution < 1.29 is 19.2 Å². The van der Waals surface area contributed by atoms with E-state index in [1.54, 1.807) is 53.4 Å². The van der Waals surface area contributed by atoms with Gasteiger partial charge in [-0.15, -0.1) is 0 Å². The zero-order valence-electron chi connectivity index (χ0n) is 18.5. The Kier molecular flexibility index (Phi) is 4.93. The summed E-state index contributed by atoms with van der Waals surface area (Å²) in [5, 5.41) is -0.138. The van der Waals surface area contributed by atoms with Crippen molar-refractivity contribution in [2.75, 3.05) is 13.1 Å². The van der Waals surface area contributed by atoms with E-state index in [2.05, 4.69) is 0 Å². The Balaban J connectivity index is 1.45. The molecule has 0 saturated heterocycles. The average molecular weight is 483 g/mol. The molecule has 0 bridgehead atoms. The number of ketones is 2. The Morgan fingerprint density at radius 2 is 1.26 bits per heavy atom. The minimum Gasteiger partial charge on any atom is -0.358 e. The lowest BCUT2D eigenvalue weighted by Crippen LogP contribution is -2.46. The predicted molar refractivity (Wildman–Crippen MR) is 129 cm³/mol. The van der Waals surface area contributed by atoms with Gasteiger partial charge in [0.05, 0.1) is 23.7 Å². The lowest BCUT2D eigenvalue weighted by molar-refractivity contribution is 0.0595. The molecule has 6 rings (SSSR count). The van der Waals surface area contributed by atoms with Crippen molar-refractivity contribution in [3.8, 4) is 0 Å². The molecule has 0 saturated carbocycles. The smallest absolute Gasteiger partial charge is 0.261 e. The van der Waals surface area contributed by atoms with Gasteiger partial charge >= 0.3 is 0 Å². The van der Waals surface area contributed by atoms with Gasteiger partial charge in [0.15, 0.2) is 0 Å². The molecule has 0 N–H and O–H groups in total. The standard InChI is InChI=1S/C28H19ClN2O4/c29-23-24(26(33)19-10-4-3-9-18(19)25(23)32)30-14-13-16-7-1-2-8-17(16)22(30)15-31-27(34)20-11-5-6-12-21(20)28(31)35/h1-12,22H,13-15H2. The van der Waals surface area contributed by atoms with E-state index in [-0.39, 0.29) is 40.4 Å². The fraction of sp³-hybridized carbons (Fsp3) is 0.143. The number of fused-ring (bicyclic) bond motifs is 3. The summed E-state index contributed by atoms with van der Waals surface area (Å²) in [5.74, 6) is -1.48. The molecule has 172 valence electrons. The minimum atomic E-state index is -0.534. The molecule has 2 amide bonds. The Morgan fingerprint density at radius 3 is 1.91 bits per heavy atom. The second kappa shape index (κ2) is 8.03. The Labute approximate surface area is 206 Å². The normalized spacial score (nSPS) is 19.2. The Hall–Kier alpha value is -4.03. The summed E-state index contributed by atoms with van der Waals surface area (Å²) in [7, 11) is 0. The molecule has 2 aliphatic heterocycles. The number of amides is 2. The molecule has 7 heteroatoms. The average Bonchev–Trinajstić information content (AvgIpc) is 3.13. The number of hydrogen-bond acceptors (Lipinski definition) is 5. The van der Waals surface area contributed by atoms with Gasteiger partial charge in [0.1, 0.15) is 10.7 Å². The highest BCUT2D eigenvalue weighted by Crippen LogP contribution is 2.39. The molecule has 0 aromatic heterocycles. The van der Waals surface area contributed by atoms with Crippen molar-refractivity contribution in [1.82, 2.24) is 9.80 Å². The number of imide groups is 1. The third kappa shape index (κ3) is 3.17. The minimum absolute atomic E-state index is 0.0279. The van der Waals surface area contributed by atoms with Gasteiger partial charge in [-0.05, 0) is 29.7 Å². The monoisotopic (exact) mass is 482 g/mol. The number of hydrogen-bond donors (Lipinski definition) is 0. The van der Waals surface area contributed by atoms with E-state index in [0.29, 0.717) is 29.7 Å². The molecule has 3 aromatic carbocycles. The molecular weight excluding hydrogens is 464 g/mol. The van der Waals surface area contributed by atoms with E-state index >= 15 is 0 Å². The van der Waals surface area contributed by atoms with Crippen LogP contribution in [0.1, 0.15) is 58.6 Å². The molecule has 1 aliphatic carbocycles. The van der Waals surface area contributed by atoms with Crippen LogP contribution in [0.3, 0.4) is 0 Å². The lowest BCUT2D eigenvalue weighted by Gasteiger charge is -2.42. The van der Waals surface area contributed by atoms with Gasteiger partial charge in [-0.25, -0.2) is 0 Å². The summed E-state index contributed by atoms with van der Waals surface area (Å²) in [6.07, 6.45) is 0.631. The summed E-state index contributed by atoms with van der Waals surface area (Å²) in [6.45, 7) is 0.442. The molecule has 6 nitrogen and oxygen atoms in total. The molecule has 3 aliphatic rings. The molecule has 3 aromatic rings. The van der Waals surface area contributed by atoms with Gasteiger partial charge in [0, 0.05) is 17.7 Å². The highest BCUT2D eigenvalue weighted by atomic mass is 35.5. The third-order valence-corrected chi connectivity index (χ3v) is 7.32. The molecule has 0 fully saturated rings. The van der Waals surface area contributed by atoms with Crippen molar-refractivity contribution >= 4 is 35.0 Å². The van der Waals surface area contributed by atoms with E-state index in [0.717, 1.165) is 11.1 Å². The maximum Gasteiger partial charge on any atom is 0.261 e. The van der Waals surface area contributed by atoms with E-state index in [9.17, 15) is 19.2 Å².